The number of rotatable bonds is 5. The van der Waals surface area contributed by atoms with Crippen molar-refractivity contribution in [3.05, 3.63) is 29.8 Å². The zero-order valence-corrected chi connectivity index (χ0v) is 13.5. The second-order valence-electron chi connectivity index (χ2n) is 6.42. The van der Waals surface area contributed by atoms with Gasteiger partial charge >= 0.3 is 0 Å². The van der Waals surface area contributed by atoms with Crippen LogP contribution in [0.25, 0.3) is 0 Å². The third kappa shape index (κ3) is 3.59. The molecule has 0 radical (unpaired) electrons. The van der Waals surface area contributed by atoms with Gasteiger partial charge < -0.3 is 10.1 Å². The number of hydrogen-bond acceptors (Lipinski definition) is 2. The summed E-state index contributed by atoms with van der Waals surface area (Å²) in [5.74, 6) is 0.477. The molecule has 1 atom stereocenters. The monoisotopic (exact) mass is 265 g/mol. The standard InChI is InChI=1S/C15H27NOSi/c1-12(11-15(2,3)18(5,6)17)13-7-9-14(16-4)10-8-13/h7-10,12,16-17H,11H2,1-6H3. The molecule has 0 bridgehead atoms. The fourth-order valence-electron chi connectivity index (χ4n) is 2.11. The van der Waals surface area contributed by atoms with Gasteiger partial charge in [-0.15, -0.1) is 0 Å². The Morgan fingerprint density at radius 1 is 1.22 bits per heavy atom. The lowest BCUT2D eigenvalue weighted by Crippen LogP contribution is -2.39. The van der Waals surface area contributed by atoms with Crippen LogP contribution in [0.5, 0.6) is 0 Å². The van der Waals surface area contributed by atoms with Crippen LogP contribution < -0.4 is 5.32 Å². The van der Waals surface area contributed by atoms with E-state index in [0.29, 0.717) is 5.92 Å². The third-order valence-electron chi connectivity index (χ3n) is 4.24. The molecule has 18 heavy (non-hydrogen) atoms. The minimum Gasteiger partial charge on any atom is -0.432 e. The molecule has 0 aliphatic heterocycles. The van der Waals surface area contributed by atoms with Crippen LogP contribution in [0.15, 0.2) is 24.3 Å². The molecule has 0 heterocycles. The van der Waals surface area contributed by atoms with Crippen LogP contribution in [-0.4, -0.2) is 20.2 Å². The molecule has 102 valence electrons. The van der Waals surface area contributed by atoms with Crippen LogP contribution in [0.2, 0.25) is 18.1 Å². The van der Waals surface area contributed by atoms with Crippen LogP contribution in [-0.2, 0) is 0 Å². The summed E-state index contributed by atoms with van der Waals surface area (Å²) in [6, 6.07) is 8.58. The van der Waals surface area contributed by atoms with Gasteiger partial charge in [0.25, 0.3) is 0 Å². The lowest BCUT2D eigenvalue weighted by Gasteiger charge is -2.37. The second-order valence-corrected chi connectivity index (χ2v) is 10.9. The van der Waals surface area contributed by atoms with E-state index in [1.54, 1.807) is 0 Å². The van der Waals surface area contributed by atoms with Gasteiger partial charge in [-0.2, -0.15) is 0 Å². The molecule has 2 N–H and O–H groups in total. The highest BCUT2D eigenvalue weighted by Gasteiger charge is 2.38. The molecule has 0 aromatic heterocycles. The Bertz CT molecular complexity index is 378. The fourth-order valence-corrected chi connectivity index (χ4v) is 2.92. The number of nitrogens with one attached hydrogen (secondary N) is 1. The zero-order chi connectivity index (χ0) is 14.0. The van der Waals surface area contributed by atoms with E-state index >= 15 is 0 Å². The molecule has 0 fully saturated rings. The van der Waals surface area contributed by atoms with Gasteiger partial charge in [-0.3, -0.25) is 0 Å². The molecule has 0 spiro atoms. The summed E-state index contributed by atoms with van der Waals surface area (Å²) in [6.45, 7) is 10.7. The van der Waals surface area contributed by atoms with E-state index in [9.17, 15) is 4.80 Å². The van der Waals surface area contributed by atoms with Crippen molar-refractivity contribution in [2.75, 3.05) is 12.4 Å². The van der Waals surface area contributed by atoms with Gasteiger partial charge in [-0.1, -0.05) is 32.9 Å². The lowest BCUT2D eigenvalue weighted by atomic mass is 9.91. The molecule has 2 nitrogen and oxygen atoms in total. The predicted molar refractivity (Wildman–Crippen MR) is 82.8 cm³/mol. The topological polar surface area (TPSA) is 32.3 Å². The molecule has 0 saturated carbocycles. The summed E-state index contributed by atoms with van der Waals surface area (Å²) in [5.41, 5.74) is 2.49. The Morgan fingerprint density at radius 3 is 2.11 bits per heavy atom. The fraction of sp³-hybridized carbons (Fsp3) is 0.600. The van der Waals surface area contributed by atoms with E-state index < -0.39 is 8.32 Å². The maximum absolute atomic E-state index is 10.4. The highest BCUT2D eigenvalue weighted by molar-refractivity contribution is 6.72. The Labute approximate surface area is 113 Å². The first-order valence-electron chi connectivity index (χ1n) is 6.67. The van der Waals surface area contributed by atoms with Gasteiger partial charge in [0, 0.05) is 12.7 Å². The zero-order valence-electron chi connectivity index (χ0n) is 12.5. The molecular weight excluding hydrogens is 238 g/mol. The molecule has 1 aromatic rings. The van der Waals surface area contributed by atoms with E-state index in [1.165, 1.54) is 5.56 Å². The van der Waals surface area contributed by atoms with Crippen molar-refractivity contribution in [1.82, 2.24) is 0 Å². The third-order valence-corrected chi connectivity index (χ3v) is 7.76. The highest BCUT2D eigenvalue weighted by atomic mass is 28.4. The SMILES string of the molecule is CNc1ccc(C(C)CC(C)(C)[Si](C)(C)O)cc1. The van der Waals surface area contributed by atoms with Gasteiger partial charge in [-0.05, 0) is 48.2 Å². The van der Waals surface area contributed by atoms with E-state index in [1.807, 2.05) is 20.1 Å². The number of anilines is 1. The minimum atomic E-state index is -2.11. The van der Waals surface area contributed by atoms with Crippen LogP contribution >= 0.6 is 0 Å². The average Bonchev–Trinajstić information content (AvgIpc) is 2.27. The van der Waals surface area contributed by atoms with Crippen molar-refractivity contribution in [3.63, 3.8) is 0 Å². The molecular formula is C15H27NOSi. The highest BCUT2D eigenvalue weighted by Crippen LogP contribution is 2.43. The smallest absolute Gasteiger partial charge is 0.188 e. The summed E-state index contributed by atoms with van der Waals surface area (Å²) in [7, 11) is -0.179. The lowest BCUT2D eigenvalue weighted by molar-refractivity contribution is 0.430. The van der Waals surface area contributed by atoms with Crippen molar-refractivity contribution in [2.45, 2.75) is 51.2 Å². The largest absolute Gasteiger partial charge is 0.432 e. The van der Waals surface area contributed by atoms with Crippen molar-refractivity contribution >= 4 is 14.0 Å². The molecule has 1 aromatic carbocycles. The van der Waals surface area contributed by atoms with Crippen molar-refractivity contribution in [1.29, 1.82) is 0 Å². The van der Waals surface area contributed by atoms with Gasteiger partial charge in [-0.25, -0.2) is 0 Å². The van der Waals surface area contributed by atoms with Gasteiger partial charge in [0.1, 0.15) is 0 Å². The first kappa shape index (κ1) is 15.3. The summed E-state index contributed by atoms with van der Waals surface area (Å²) in [6.07, 6.45) is 1.03. The maximum atomic E-state index is 10.4. The minimum absolute atomic E-state index is 0.0358. The Balaban J connectivity index is 2.78. The molecule has 1 rings (SSSR count). The van der Waals surface area contributed by atoms with Gasteiger partial charge in [0.05, 0.1) is 0 Å². The maximum Gasteiger partial charge on any atom is 0.188 e. The molecule has 0 aliphatic carbocycles. The van der Waals surface area contributed by atoms with Crippen molar-refractivity contribution in [2.24, 2.45) is 0 Å². The molecule has 0 aliphatic rings. The van der Waals surface area contributed by atoms with E-state index in [4.69, 9.17) is 0 Å². The van der Waals surface area contributed by atoms with E-state index in [0.717, 1.165) is 12.1 Å². The Hall–Kier alpha value is -0.803. The molecule has 1 unspecified atom stereocenters. The van der Waals surface area contributed by atoms with Crippen LogP contribution in [0.4, 0.5) is 5.69 Å². The normalized spacial score (nSPS) is 14.4. The van der Waals surface area contributed by atoms with E-state index in [-0.39, 0.29) is 5.04 Å². The van der Waals surface area contributed by atoms with Crippen LogP contribution in [0.1, 0.15) is 38.7 Å². The first-order valence-corrected chi connectivity index (χ1v) is 9.62. The van der Waals surface area contributed by atoms with Gasteiger partial charge in [0.2, 0.25) is 0 Å². The second kappa shape index (κ2) is 5.45. The summed E-state index contributed by atoms with van der Waals surface area (Å²) >= 11 is 0. The Kier molecular flexibility index (Phi) is 4.62. The summed E-state index contributed by atoms with van der Waals surface area (Å²) in [5, 5.41) is 3.17. The predicted octanol–water partition coefficient (Wildman–Crippen LogP) is 4.20. The molecule has 3 heteroatoms. The summed E-state index contributed by atoms with van der Waals surface area (Å²) in [4.78, 5) is 10.4. The van der Waals surface area contributed by atoms with Gasteiger partial charge in [0.15, 0.2) is 8.32 Å². The first-order chi connectivity index (χ1) is 8.17. The summed E-state index contributed by atoms with van der Waals surface area (Å²) < 4.78 is 0. The average molecular weight is 265 g/mol. The quantitative estimate of drug-likeness (QED) is 0.782. The van der Waals surface area contributed by atoms with E-state index in [2.05, 4.69) is 50.4 Å². The molecule has 0 saturated heterocycles. The number of hydrogen-bond donors (Lipinski definition) is 2. The van der Waals surface area contributed by atoms with Crippen LogP contribution in [0, 0.1) is 0 Å². The van der Waals surface area contributed by atoms with Crippen LogP contribution in [0.3, 0.4) is 0 Å². The van der Waals surface area contributed by atoms with Crippen molar-refractivity contribution in [3.8, 4) is 0 Å². The Morgan fingerprint density at radius 2 is 1.72 bits per heavy atom. The number of benzene rings is 1. The van der Waals surface area contributed by atoms with Crippen molar-refractivity contribution < 1.29 is 4.80 Å². The molecule has 0 amide bonds.